The molecule has 1 rings (SSSR count). The number of piperazine rings is 1. The summed E-state index contributed by atoms with van der Waals surface area (Å²) in [5, 5.41) is 6.41. The molecule has 0 aliphatic carbocycles. The third-order valence-electron chi connectivity index (χ3n) is 1.77. The third kappa shape index (κ3) is 6.10. The number of carbonyl (C=O) groups excluding carboxylic acids is 1. The first-order chi connectivity index (χ1) is 5.33. The van der Waals surface area contributed by atoms with E-state index in [4.69, 9.17) is 0 Å². The molecule has 6 heteroatoms. The molecule has 1 atom stereocenters. The number of hydrogen-bond acceptors (Lipinski definition) is 4. The number of nitrogens with one attached hydrogen (secondary N) is 2. The Labute approximate surface area is 90.6 Å². The average Bonchev–Trinajstić information content (AvgIpc) is 2.06. The van der Waals surface area contributed by atoms with Crippen molar-refractivity contribution in [3.63, 3.8) is 0 Å². The Hall–Kier alpha value is -0.0300. The summed E-state index contributed by atoms with van der Waals surface area (Å²) >= 11 is 0. The maximum atomic E-state index is 10.8. The zero-order valence-corrected chi connectivity index (χ0v) is 9.17. The minimum absolute atomic E-state index is 0. The molecule has 1 unspecified atom stereocenters. The minimum atomic E-state index is -0.147. The molecule has 1 aliphatic heterocycles. The second-order valence-corrected chi connectivity index (χ2v) is 2.64. The standard InChI is InChI=1S/C7H14N2O2.2ClH/c1-11-7(10)4-6-5-8-2-3-9-6;;/h6,8-9H,2-5H2,1H3;2*1H. The molecule has 0 bridgehead atoms. The van der Waals surface area contributed by atoms with Crippen molar-refractivity contribution in [2.45, 2.75) is 12.5 Å². The van der Waals surface area contributed by atoms with E-state index in [1.165, 1.54) is 7.11 Å². The first-order valence-electron chi connectivity index (χ1n) is 3.84. The molecule has 4 nitrogen and oxygen atoms in total. The van der Waals surface area contributed by atoms with Gasteiger partial charge in [0.1, 0.15) is 0 Å². The van der Waals surface area contributed by atoms with Crippen molar-refractivity contribution >= 4 is 30.8 Å². The van der Waals surface area contributed by atoms with Crippen LogP contribution >= 0.6 is 24.8 Å². The van der Waals surface area contributed by atoms with Crippen molar-refractivity contribution < 1.29 is 9.53 Å². The summed E-state index contributed by atoms with van der Waals surface area (Å²) in [5.41, 5.74) is 0. The summed E-state index contributed by atoms with van der Waals surface area (Å²) in [7, 11) is 1.42. The van der Waals surface area contributed by atoms with Gasteiger partial charge in [-0.1, -0.05) is 0 Å². The van der Waals surface area contributed by atoms with Crippen molar-refractivity contribution in [3.05, 3.63) is 0 Å². The Morgan fingerprint density at radius 1 is 1.46 bits per heavy atom. The number of ether oxygens (including phenoxy) is 1. The molecule has 0 aromatic heterocycles. The zero-order chi connectivity index (χ0) is 8.10. The third-order valence-corrected chi connectivity index (χ3v) is 1.77. The van der Waals surface area contributed by atoms with Gasteiger partial charge in [0, 0.05) is 25.7 Å². The molecular weight excluding hydrogens is 215 g/mol. The Bertz CT molecular complexity index is 140. The Balaban J connectivity index is 0. The van der Waals surface area contributed by atoms with Crippen molar-refractivity contribution in [3.8, 4) is 0 Å². The number of hydrogen-bond donors (Lipinski definition) is 2. The van der Waals surface area contributed by atoms with E-state index >= 15 is 0 Å². The smallest absolute Gasteiger partial charge is 0.307 e. The lowest BCUT2D eigenvalue weighted by Gasteiger charge is -2.23. The number of halogens is 2. The maximum absolute atomic E-state index is 10.8. The van der Waals surface area contributed by atoms with Crippen LogP contribution in [-0.2, 0) is 9.53 Å². The molecule has 0 amide bonds. The molecule has 0 aromatic carbocycles. The lowest BCUT2D eigenvalue weighted by atomic mass is 10.2. The maximum Gasteiger partial charge on any atom is 0.307 e. The highest BCUT2D eigenvalue weighted by Gasteiger charge is 2.15. The van der Waals surface area contributed by atoms with Crippen molar-refractivity contribution in [2.75, 3.05) is 26.7 Å². The normalized spacial score (nSPS) is 20.8. The predicted octanol–water partition coefficient (Wildman–Crippen LogP) is -0.0455. The summed E-state index contributed by atoms with van der Waals surface area (Å²) < 4.78 is 4.55. The van der Waals surface area contributed by atoms with E-state index in [9.17, 15) is 4.79 Å². The highest BCUT2D eigenvalue weighted by atomic mass is 35.5. The molecule has 1 aliphatic rings. The lowest BCUT2D eigenvalue weighted by Crippen LogP contribution is -2.49. The second-order valence-electron chi connectivity index (χ2n) is 2.64. The molecule has 0 saturated carbocycles. The summed E-state index contributed by atoms with van der Waals surface area (Å²) in [5.74, 6) is -0.147. The van der Waals surface area contributed by atoms with Crippen LogP contribution in [0.2, 0.25) is 0 Å². The predicted molar refractivity (Wildman–Crippen MR) is 55.8 cm³/mol. The van der Waals surface area contributed by atoms with Crippen LogP contribution in [0.4, 0.5) is 0 Å². The van der Waals surface area contributed by atoms with Crippen LogP contribution in [0.5, 0.6) is 0 Å². The van der Waals surface area contributed by atoms with E-state index in [2.05, 4.69) is 15.4 Å². The van der Waals surface area contributed by atoms with Crippen LogP contribution in [0.3, 0.4) is 0 Å². The Kier molecular flexibility index (Phi) is 10.2. The van der Waals surface area contributed by atoms with Gasteiger partial charge in [-0.05, 0) is 0 Å². The van der Waals surface area contributed by atoms with E-state index < -0.39 is 0 Å². The second kappa shape index (κ2) is 8.56. The van der Waals surface area contributed by atoms with Gasteiger partial charge in [0.05, 0.1) is 13.5 Å². The average molecular weight is 231 g/mol. The molecule has 0 aromatic rings. The molecule has 0 spiro atoms. The van der Waals surface area contributed by atoms with Crippen molar-refractivity contribution in [2.24, 2.45) is 0 Å². The molecule has 1 fully saturated rings. The quantitative estimate of drug-likeness (QED) is 0.654. The Morgan fingerprint density at radius 3 is 2.62 bits per heavy atom. The molecule has 0 radical (unpaired) electrons. The first kappa shape index (κ1) is 15.4. The van der Waals surface area contributed by atoms with Gasteiger partial charge in [-0.2, -0.15) is 0 Å². The summed E-state index contributed by atoms with van der Waals surface area (Å²) in [6, 6.07) is 0.246. The topological polar surface area (TPSA) is 50.4 Å². The van der Waals surface area contributed by atoms with Gasteiger partial charge in [0.25, 0.3) is 0 Å². The van der Waals surface area contributed by atoms with Crippen LogP contribution in [-0.4, -0.2) is 38.8 Å². The van der Waals surface area contributed by atoms with Gasteiger partial charge in [-0.15, -0.1) is 24.8 Å². The highest BCUT2D eigenvalue weighted by Crippen LogP contribution is 1.95. The monoisotopic (exact) mass is 230 g/mol. The number of rotatable bonds is 2. The number of esters is 1. The van der Waals surface area contributed by atoms with E-state index in [1.54, 1.807) is 0 Å². The van der Waals surface area contributed by atoms with Crippen LogP contribution in [0.1, 0.15) is 6.42 Å². The molecular formula is C7H16Cl2N2O2. The van der Waals surface area contributed by atoms with E-state index in [0.717, 1.165) is 19.6 Å². The summed E-state index contributed by atoms with van der Waals surface area (Å²) in [6.07, 6.45) is 0.462. The largest absolute Gasteiger partial charge is 0.469 e. The van der Waals surface area contributed by atoms with Crippen LogP contribution in [0, 0.1) is 0 Å². The van der Waals surface area contributed by atoms with Gasteiger partial charge < -0.3 is 15.4 Å². The van der Waals surface area contributed by atoms with Gasteiger partial charge in [-0.25, -0.2) is 0 Å². The molecule has 80 valence electrons. The fourth-order valence-electron chi connectivity index (χ4n) is 1.14. The number of methoxy groups -OCH3 is 1. The molecule has 1 heterocycles. The lowest BCUT2D eigenvalue weighted by molar-refractivity contribution is -0.141. The van der Waals surface area contributed by atoms with E-state index in [1.807, 2.05) is 0 Å². The number of carbonyl (C=O) groups is 1. The summed E-state index contributed by atoms with van der Waals surface area (Å²) in [4.78, 5) is 10.8. The van der Waals surface area contributed by atoms with Gasteiger partial charge in [-0.3, -0.25) is 4.79 Å². The van der Waals surface area contributed by atoms with Gasteiger partial charge in [0.2, 0.25) is 0 Å². The van der Waals surface area contributed by atoms with Crippen molar-refractivity contribution in [1.82, 2.24) is 10.6 Å². The molecule has 2 N–H and O–H groups in total. The first-order valence-corrected chi connectivity index (χ1v) is 3.84. The SMILES string of the molecule is COC(=O)CC1CNCCN1.Cl.Cl. The van der Waals surface area contributed by atoms with Gasteiger partial charge in [0.15, 0.2) is 0 Å². The fraction of sp³-hybridized carbons (Fsp3) is 0.857. The summed E-state index contributed by atoms with van der Waals surface area (Å²) in [6.45, 7) is 2.77. The zero-order valence-electron chi connectivity index (χ0n) is 7.54. The Morgan fingerprint density at radius 2 is 2.15 bits per heavy atom. The van der Waals surface area contributed by atoms with Crippen molar-refractivity contribution in [1.29, 1.82) is 0 Å². The molecule has 13 heavy (non-hydrogen) atoms. The van der Waals surface area contributed by atoms with Gasteiger partial charge >= 0.3 is 5.97 Å². The highest BCUT2D eigenvalue weighted by molar-refractivity contribution is 5.85. The fourth-order valence-corrected chi connectivity index (χ4v) is 1.14. The van der Waals surface area contributed by atoms with Crippen LogP contribution in [0.15, 0.2) is 0 Å². The van der Waals surface area contributed by atoms with E-state index in [0.29, 0.717) is 6.42 Å². The van der Waals surface area contributed by atoms with Crippen LogP contribution < -0.4 is 10.6 Å². The van der Waals surface area contributed by atoms with Crippen LogP contribution in [0.25, 0.3) is 0 Å². The molecule has 1 saturated heterocycles. The van der Waals surface area contributed by atoms with E-state index in [-0.39, 0.29) is 36.8 Å². The minimum Gasteiger partial charge on any atom is -0.469 e.